The zero-order chi connectivity index (χ0) is 19.3. The van der Waals surface area contributed by atoms with Crippen molar-refractivity contribution in [3.05, 3.63) is 28.4 Å². The van der Waals surface area contributed by atoms with E-state index in [-0.39, 0.29) is 6.04 Å². The van der Waals surface area contributed by atoms with Gasteiger partial charge < -0.3 is 9.47 Å². The van der Waals surface area contributed by atoms with Crippen molar-refractivity contribution >= 4 is 27.4 Å². The van der Waals surface area contributed by atoms with Crippen molar-refractivity contribution in [3.63, 3.8) is 0 Å². The van der Waals surface area contributed by atoms with Crippen LogP contribution >= 0.6 is 11.3 Å². The fourth-order valence-corrected chi connectivity index (χ4v) is 5.00. The van der Waals surface area contributed by atoms with Gasteiger partial charge in [0.05, 0.1) is 11.4 Å². The molecule has 6 nitrogen and oxygen atoms in total. The summed E-state index contributed by atoms with van der Waals surface area (Å²) in [7, 11) is 0. The van der Waals surface area contributed by atoms with E-state index < -0.39 is 0 Å². The summed E-state index contributed by atoms with van der Waals surface area (Å²) in [6.45, 7) is 14.9. The van der Waals surface area contributed by atoms with Gasteiger partial charge in [-0.3, -0.25) is 0 Å². The van der Waals surface area contributed by atoms with Crippen LogP contribution in [0, 0.1) is 12.8 Å². The maximum atomic E-state index is 4.89. The monoisotopic (exact) mass is 384 g/mol. The highest BCUT2D eigenvalue weighted by molar-refractivity contribution is 7.17. The van der Waals surface area contributed by atoms with E-state index in [1.165, 1.54) is 10.9 Å². The molecule has 1 aliphatic heterocycles. The predicted octanol–water partition coefficient (Wildman–Crippen LogP) is 4.49. The van der Waals surface area contributed by atoms with E-state index in [4.69, 9.17) is 9.97 Å². The van der Waals surface area contributed by atoms with Crippen LogP contribution in [-0.2, 0) is 13.0 Å². The summed E-state index contributed by atoms with van der Waals surface area (Å²) in [4.78, 5) is 13.1. The van der Waals surface area contributed by atoms with Crippen LogP contribution in [0.1, 0.15) is 69.6 Å². The Morgan fingerprint density at radius 3 is 2.63 bits per heavy atom. The van der Waals surface area contributed by atoms with Crippen molar-refractivity contribution in [3.8, 4) is 0 Å². The number of anilines is 1. The lowest BCUT2D eigenvalue weighted by molar-refractivity contribution is 0.477. The Kier molecular flexibility index (Phi) is 4.66. The van der Waals surface area contributed by atoms with Crippen LogP contribution in [0.5, 0.6) is 0 Å². The minimum Gasteiger partial charge on any atom is -0.344 e. The Labute approximate surface area is 164 Å². The van der Waals surface area contributed by atoms with Crippen molar-refractivity contribution in [2.75, 3.05) is 11.4 Å². The molecule has 0 aliphatic carbocycles. The Hall–Kier alpha value is -2.02. The molecule has 4 heterocycles. The zero-order valence-corrected chi connectivity index (χ0v) is 17.8. The molecule has 0 radical (unpaired) electrons. The smallest absolute Gasteiger partial charge is 0.155 e. The van der Waals surface area contributed by atoms with Gasteiger partial charge in [-0.05, 0) is 37.1 Å². The van der Waals surface area contributed by atoms with Gasteiger partial charge >= 0.3 is 0 Å². The molecule has 0 N–H and O–H groups in total. The Bertz CT molecular complexity index is 970. The van der Waals surface area contributed by atoms with Crippen LogP contribution in [0.4, 0.5) is 5.82 Å². The van der Waals surface area contributed by atoms with Gasteiger partial charge in [0, 0.05) is 19.0 Å². The molecular formula is C20H28N6S. The maximum absolute atomic E-state index is 4.89. The lowest BCUT2D eigenvalue weighted by Crippen LogP contribution is -2.38. The topological polar surface area (TPSA) is 59.7 Å². The molecule has 7 heteroatoms. The summed E-state index contributed by atoms with van der Waals surface area (Å²) < 4.78 is 2.29. The highest BCUT2D eigenvalue weighted by atomic mass is 32.1. The number of aryl methyl sites for hydroxylation is 1. The molecule has 1 unspecified atom stereocenters. The molecule has 144 valence electrons. The van der Waals surface area contributed by atoms with E-state index in [1.807, 2.05) is 6.92 Å². The second-order valence-corrected chi connectivity index (χ2v) is 9.08. The molecule has 0 fully saturated rings. The third-order valence-corrected chi connectivity index (χ3v) is 6.15. The number of rotatable bonds is 4. The molecule has 0 bridgehead atoms. The maximum Gasteiger partial charge on any atom is 0.155 e. The van der Waals surface area contributed by atoms with Crippen molar-refractivity contribution in [2.45, 2.75) is 66.5 Å². The third kappa shape index (κ3) is 3.12. The van der Waals surface area contributed by atoms with Gasteiger partial charge in [-0.2, -0.15) is 0 Å². The fraction of sp³-hybridized carbons (Fsp3) is 0.600. The molecule has 0 aromatic carbocycles. The number of fused-ring (bicyclic) bond motifs is 2. The van der Waals surface area contributed by atoms with Gasteiger partial charge in [0.1, 0.15) is 22.3 Å². The first-order valence-electron chi connectivity index (χ1n) is 9.81. The van der Waals surface area contributed by atoms with Gasteiger partial charge in [0.15, 0.2) is 5.82 Å². The van der Waals surface area contributed by atoms with Crippen molar-refractivity contribution in [1.29, 1.82) is 0 Å². The van der Waals surface area contributed by atoms with Gasteiger partial charge in [0.25, 0.3) is 0 Å². The first-order chi connectivity index (χ1) is 12.9. The molecule has 0 amide bonds. The van der Waals surface area contributed by atoms with E-state index in [2.05, 4.69) is 59.7 Å². The lowest BCUT2D eigenvalue weighted by atomic mass is 10.0. The van der Waals surface area contributed by atoms with Crippen molar-refractivity contribution in [1.82, 2.24) is 24.7 Å². The fourth-order valence-electron chi connectivity index (χ4n) is 4.01. The number of hydrogen-bond acceptors (Lipinski definition) is 6. The summed E-state index contributed by atoms with van der Waals surface area (Å²) in [6.07, 6.45) is 1.05. The van der Waals surface area contributed by atoms with E-state index in [0.717, 1.165) is 47.6 Å². The molecular weight excluding hydrogens is 356 g/mol. The average molecular weight is 385 g/mol. The second kappa shape index (κ2) is 6.86. The highest BCUT2D eigenvalue weighted by Crippen LogP contribution is 2.38. The predicted molar refractivity (Wildman–Crippen MR) is 111 cm³/mol. The first kappa shape index (κ1) is 18.3. The summed E-state index contributed by atoms with van der Waals surface area (Å²) in [5.74, 6) is 4.99. The minimum absolute atomic E-state index is 0.142. The van der Waals surface area contributed by atoms with E-state index in [1.54, 1.807) is 11.3 Å². The average Bonchev–Trinajstić information content (AvgIpc) is 3.19. The molecule has 4 rings (SSSR count). The van der Waals surface area contributed by atoms with Gasteiger partial charge in [0.2, 0.25) is 0 Å². The summed E-state index contributed by atoms with van der Waals surface area (Å²) in [5.41, 5.74) is 1.36. The number of aromatic nitrogens is 5. The largest absolute Gasteiger partial charge is 0.344 e. The first-order valence-corrected chi connectivity index (χ1v) is 10.7. The SMILES string of the molecule is Cc1nc(N2CCn3c(C(C)C)nnc3C2C)c2c(CC(C)C)csc2n1. The zero-order valence-electron chi connectivity index (χ0n) is 17.0. The van der Waals surface area contributed by atoms with E-state index in [0.29, 0.717) is 11.8 Å². The molecule has 1 atom stereocenters. The lowest BCUT2D eigenvalue weighted by Gasteiger charge is -2.35. The van der Waals surface area contributed by atoms with Crippen LogP contribution in [0.2, 0.25) is 0 Å². The quantitative estimate of drug-likeness (QED) is 0.663. The second-order valence-electron chi connectivity index (χ2n) is 8.23. The van der Waals surface area contributed by atoms with Crippen LogP contribution in [0.15, 0.2) is 5.38 Å². The van der Waals surface area contributed by atoms with Crippen LogP contribution in [0.3, 0.4) is 0 Å². The normalized spacial score (nSPS) is 17.3. The molecule has 3 aromatic heterocycles. The van der Waals surface area contributed by atoms with Crippen LogP contribution in [-0.4, -0.2) is 31.3 Å². The molecule has 3 aromatic rings. The molecule has 0 spiro atoms. The van der Waals surface area contributed by atoms with Crippen LogP contribution in [0.25, 0.3) is 10.2 Å². The molecule has 0 saturated heterocycles. The summed E-state index contributed by atoms with van der Waals surface area (Å²) >= 11 is 1.73. The minimum atomic E-state index is 0.142. The molecule has 0 saturated carbocycles. The van der Waals surface area contributed by atoms with E-state index >= 15 is 0 Å². The summed E-state index contributed by atoms with van der Waals surface area (Å²) in [6, 6.07) is 0.142. The van der Waals surface area contributed by atoms with Gasteiger partial charge in [-0.25, -0.2) is 9.97 Å². The number of thiophene rings is 1. The van der Waals surface area contributed by atoms with Crippen molar-refractivity contribution in [2.24, 2.45) is 5.92 Å². The number of nitrogens with zero attached hydrogens (tertiary/aromatic N) is 6. The standard InChI is InChI=1S/C20H28N6S/c1-11(2)9-15-10-27-20-16(15)19(21-14(6)22-20)25-7-8-26-17(12(3)4)23-24-18(26)13(25)5/h10-13H,7-9H2,1-6H3. The Balaban J connectivity index is 1.81. The third-order valence-electron chi connectivity index (χ3n) is 5.23. The molecule has 1 aliphatic rings. The Morgan fingerprint density at radius 1 is 1.15 bits per heavy atom. The highest BCUT2D eigenvalue weighted by Gasteiger charge is 2.31. The number of hydrogen-bond donors (Lipinski definition) is 0. The van der Waals surface area contributed by atoms with Crippen LogP contribution < -0.4 is 4.90 Å². The van der Waals surface area contributed by atoms with Gasteiger partial charge in [-0.1, -0.05) is 27.7 Å². The van der Waals surface area contributed by atoms with E-state index in [9.17, 15) is 0 Å². The van der Waals surface area contributed by atoms with Crippen molar-refractivity contribution < 1.29 is 0 Å². The summed E-state index contributed by atoms with van der Waals surface area (Å²) in [5, 5.41) is 12.5. The Morgan fingerprint density at radius 2 is 1.93 bits per heavy atom. The van der Waals surface area contributed by atoms with Gasteiger partial charge in [-0.15, -0.1) is 21.5 Å². The molecule has 27 heavy (non-hydrogen) atoms.